The highest BCUT2D eigenvalue weighted by molar-refractivity contribution is 5.74. The maximum Gasteiger partial charge on any atom is 0.317 e. The molecule has 0 spiro atoms. The first-order valence-electron chi connectivity index (χ1n) is 9.11. The molecule has 1 aromatic rings. The first-order valence-corrected chi connectivity index (χ1v) is 9.11. The van der Waals surface area contributed by atoms with Gasteiger partial charge >= 0.3 is 6.03 Å². The molecule has 0 bridgehead atoms. The van der Waals surface area contributed by atoms with Crippen LogP contribution >= 0.6 is 0 Å². The molecular weight excluding hydrogens is 302 g/mol. The van der Waals surface area contributed by atoms with Crippen molar-refractivity contribution < 1.29 is 9.53 Å². The van der Waals surface area contributed by atoms with Gasteiger partial charge in [-0.1, -0.05) is 31.9 Å². The molecular formula is C19H31N3O2. The number of carbonyl (C=O) groups is 1. The van der Waals surface area contributed by atoms with Crippen LogP contribution in [-0.4, -0.2) is 62.2 Å². The van der Waals surface area contributed by atoms with Crippen LogP contribution in [0.5, 0.6) is 5.75 Å². The fourth-order valence-corrected chi connectivity index (χ4v) is 2.97. The van der Waals surface area contributed by atoms with E-state index in [1.807, 2.05) is 17.0 Å². The van der Waals surface area contributed by atoms with E-state index in [9.17, 15) is 4.79 Å². The maximum atomic E-state index is 12.1. The van der Waals surface area contributed by atoms with E-state index >= 15 is 0 Å². The van der Waals surface area contributed by atoms with Crippen molar-refractivity contribution in [3.63, 3.8) is 0 Å². The lowest BCUT2D eigenvalue weighted by Gasteiger charge is -2.34. The molecule has 1 fully saturated rings. The van der Waals surface area contributed by atoms with Crippen molar-refractivity contribution in [3.8, 4) is 5.75 Å². The smallest absolute Gasteiger partial charge is 0.317 e. The summed E-state index contributed by atoms with van der Waals surface area (Å²) in [6.07, 6.45) is 4.45. The summed E-state index contributed by atoms with van der Waals surface area (Å²) in [6, 6.07) is 8.34. The van der Waals surface area contributed by atoms with Crippen molar-refractivity contribution in [3.05, 3.63) is 29.8 Å². The molecule has 134 valence electrons. The van der Waals surface area contributed by atoms with Crippen LogP contribution in [0, 0.1) is 0 Å². The van der Waals surface area contributed by atoms with Gasteiger partial charge in [-0.25, -0.2) is 4.79 Å². The number of methoxy groups -OCH3 is 1. The number of benzene rings is 1. The van der Waals surface area contributed by atoms with Crippen molar-refractivity contribution in [1.29, 1.82) is 0 Å². The number of amides is 2. The molecule has 1 aliphatic rings. The number of nitrogens with zero attached hydrogens (tertiary/aromatic N) is 2. The zero-order valence-electron chi connectivity index (χ0n) is 15.1. The Labute approximate surface area is 146 Å². The van der Waals surface area contributed by atoms with Crippen molar-refractivity contribution in [2.75, 3.05) is 46.4 Å². The van der Waals surface area contributed by atoms with Crippen LogP contribution in [0.15, 0.2) is 24.3 Å². The number of carbonyl (C=O) groups excluding carboxylic acids is 1. The summed E-state index contributed by atoms with van der Waals surface area (Å²) in [5.74, 6) is 0.914. The first kappa shape index (κ1) is 18.6. The molecule has 0 saturated carbocycles. The Hall–Kier alpha value is -1.75. The zero-order chi connectivity index (χ0) is 17.2. The van der Waals surface area contributed by atoms with Crippen LogP contribution in [0.25, 0.3) is 0 Å². The van der Waals surface area contributed by atoms with Gasteiger partial charge in [0.25, 0.3) is 0 Å². The molecule has 1 N–H and O–H groups in total. The average Bonchev–Trinajstić information content (AvgIpc) is 2.64. The fraction of sp³-hybridized carbons (Fsp3) is 0.632. The molecule has 1 aromatic carbocycles. The van der Waals surface area contributed by atoms with E-state index in [1.165, 1.54) is 18.4 Å². The highest BCUT2D eigenvalue weighted by Crippen LogP contribution is 2.13. The van der Waals surface area contributed by atoms with Crippen molar-refractivity contribution in [2.24, 2.45) is 0 Å². The summed E-state index contributed by atoms with van der Waals surface area (Å²) >= 11 is 0. The van der Waals surface area contributed by atoms with Crippen LogP contribution in [0.3, 0.4) is 0 Å². The summed E-state index contributed by atoms with van der Waals surface area (Å²) < 4.78 is 5.27. The monoisotopic (exact) mass is 333 g/mol. The predicted octanol–water partition coefficient (Wildman–Crippen LogP) is 2.76. The molecule has 0 aliphatic carbocycles. The maximum absolute atomic E-state index is 12.1. The minimum absolute atomic E-state index is 0.0959. The molecule has 0 atom stereocenters. The van der Waals surface area contributed by atoms with Crippen molar-refractivity contribution in [1.82, 2.24) is 15.1 Å². The normalized spacial score (nSPS) is 15.3. The Morgan fingerprint density at radius 1 is 1.21 bits per heavy atom. The van der Waals surface area contributed by atoms with E-state index in [-0.39, 0.29) is 6.03 Å². The molecule has 0 unspecified atom stereocenters. The Bertz CT molecular complexity index is 499. The van der Waals surface area contributed by atoms with Crippen molar-refractivity contribution >= 4 is 6.03 Å². The number of piperazine rings is 1. The minimum Gasteiger partial charge on any atom is -0.497 e. The largest absolute Gasteiger partial charge is 0.497 e. The van der Waals surface area contributed by atoms with E-state index in [4.69, 9.17) is 4.74 Å². The lowest BCUT2D eigenvalue weighted by molar-refractivity contribution is 0.140. The second kappa shape index (κ2) is 10.2. The Kier molecular flexibility index (Phi) is 7.89. The number of hydrogen-bond acceptors (Lipinski definition) is 3. The molecule has 0 aromatic heterocycles. The molecule has 5 nitrogen and oxygen atoms in total. The van der Waals surface area contributed by atoms with Gasteiger partial charge in [0.2, 0.25) is 0 Å². The highest BCUT2D eigenvalue weighted by atomic mass is 16.5. The van der Waals surface area contributed by atoms with Gasteiger partial charge in [0.1, 0.15) is 5.75 Å². The van der Waals surface area contributed by atoms with E-state index < -0.39 is 0 Å². The third-order valence-corrected chi connectivity index (χ3v) is 4.57. The molecule has 2 rings (SSSR count). The number of rotatable bonds is 8. The second-order valence-electron chi connectivity index (χ2n) is 6.37. The first-order chi connectivity index (χ1) is 11.7. The van der Waals surface area contributed by atoms with Gasteiger partial charge in [-0.05, 0) is 30.5 Å². The topological polar surface area (TPSA) is 44.8 Å². The van der Waals surface area contributed by atoms with Gasteiger partial charge in [-0.3, -0.25) is 4.90 Å². The Morgan fingerprint density at radius 3 is 2.71 bits per heavy atom. The third-order valence-electron chi connectivity index (χ3n) is 4.57. The standard InChI is InChI=1S/C19H31N3O2/c1-3-4-5-10-20-19(23)22-14-12-21(13-15-22)11-9-17-7-6-8-18(16-17)24-2/h6-8,16H,3-5,9-15H2,1-2H3,(H,20,23). The van der Waals surface area contributed by atoms with E-state index in [1.54, 1.807) is 7.11 Å². The molecule has 24 heavy (non-hydrogen) atoms. The summed E-state index contributed by atoms with van der Waals surface area (Å²) in [6.45, 7) is 7.53. The summed E-state index contributed by atoms with van der Waals surface area (Å²) in [5.41, 5.74) is 1.30. The number of ether oxygens (including phenoxy) is 1. The van der Waals surface area contributed by atoms with E-state index in [2.05, 4.69) is 29.3 Å². The Balaban J connectivity index is 1.66. The molecule has 1 aliphatic heterocycles. The zero-order valence-corrected chi connectivity index (χ0v) is 15.1. The van der Waals surface area contributed by atoms with Gasteiger partial charge < -0.3 is 15.0 Å². The van der Waals surface area contributed by atoms with Crippen molar-refractivity contribution in [2.45, 2.75) is 32.6 Å². The van der Waals surface area contributed by atoms with Crippen LogP contribution in [0.1, 0.15) is 31.7 Å². The summed E-state index contributed by atoms with van der Waals surface area (Å²) in [7, 11) is 1.70. The van der Waals surface area contributed by atoms with E-state index in [0.717, 1.165) is 57.9 Å². The van der Waals surface area contributed by atoms with Gasteiger partial charge in [0.05, 0.1) is 7.11 Å². The van der Waals surface area contributed by atoms with Gasteiger partial charge in [-0.15, -0.1) is 0 Å². The predicted molar refractivity (Wildman–Crippen MR) is 97.6 cm³/mol. The quantitative estimate of drug-likeness (QED) is 0.744. The molecule has 5 heteroatoms. The van der Waals surface area contributed by atoms with Gasteiger partial charge in [0, 0.05) is 39.3 Å². The highest BCUT2D eigenvalue weighted by Gasteiger charge is 2.20. The minimum atomic E-state index is 0.0959. The fourth-order valence-electron chi connectivity index (χ4n) is 2.97. The molecule has 1 saturated heterocycles. The lowest BCUT2D eigenvalue weighted by Crippen LogP contribution is -2.52. The number of hydrogen-bond donors (Lipinski definition) is 1. The molecule has 2 amide bonds. The van der Waals surface area contributed by atoms with Gasteiger partial charge in [-0.2, -0.15) is 0 Å². The molecule has 0 radical (unpaired) electrons. The van der Waals surface area contributed by atoms with E-state index in [0.29, 0.717) is 0 Å². The van der Waals surface area contributed by atoms with Crippen LogP contribution < -0.4 is 10.1 Å². The Morgan fingerprint density at radius 2 is 2.00 bits per heavy atom. The van der Waals surface area contributed by atoms with Crippen LogP contribution in [0.4, 0.5) is 4.79 Å². The number of urea groups is 1. The average molecular weight is 333 g/mol. The van der Waals surface area contributed by atoms with Crippen LogP contribution in [0.2, 0.25) is 0 Å². The lowest BCUT2D eigenvalue weighted by atomic mass is 10.1. The molecule has 1 heterocycles. The van der Waals surface area contributed by atoms with Crippen LogP contribution in [-0.2, 0) is 6.42 Å². The number of nitrogens with one attached hydrogen (secondary N) is 1. The summed E-state index contributed by atoms with van der Waals surface area (Å²) in [4.78, 5) is 16.5. The SMILES string of the molecule is CCCCCNC(=O)N1CCN(CCc2cccc(OC)c2)CC1. The second-order valence-corrected chi connectivity index (χ2v) is 6.37. The number of unbranched alkanes of at least 4 members (excludes halogenated alkanes) is 2. The third kappa shape index (κ3) is 6.04. The van der Waals surface area contributed by atoms with Gasteiger partial charge in [0.15, 0.2) is 0 Å². The summed E-state index contributed by atoms with van der Waals surface area (Å²) in [5, 5.41) is 3.03.